The van der Waals surface area contributed by atoms with Crippen LogP contribution < -0.4 is 5.32 Å². The summed E-state index contributed by atoms with van der Waals surface area (Å²) in [5.41, 5.74) is 1.22. The van der Waals surface area contributed by atoms with E-state index in [9.17, 15) is 9.59 Å². The van der Waals surface area contributed by atoms with E-state index in [0.717, 1.165) is 5.56 Å². The zero-order chi connectivity index (χ0) is 14.5. The lowest BCUT2D eigenvalue weighted by Gasteiger charge is -2.05. The Labute approximate surface area is 120 Å². The maximum atomic E-state index is 11.8. The molecule has 0 atom stereocenters. The number of carboxylic acid groups (broad SMARTS) is 1. The van der Waals surface area contributed by atoms with Gasteiger partial charge in [0.15, 0.2) is 0 Å². The van der Waals surface area contributed by atoms with Crippen molar-refractivity contribution in [2.75, 3.05) is 5.32 Å². The molecular weight excluding hydrogens is 280 g/mol. The van der Waals surface area contributed by atoms with Crippen molar-refractivity contribution in [3.63, 3.8) is 0 Å². The lowest BCUT2D eigenvalue weighted by molar-refractivity contribution is -0.115. The van der Waals surface area contributed by atoms with Crippen molar-refractivity contribution in [1.29, 1.82) is 0 Å². The van der Waals surface area contributed by atoms with E-state index in [2.05, 4.69) is 10.3 Å². The number of pyridine rings is 1. The third-order valence-electron chi connectivity index (χ3n) is 2.54. The number of nitrogens with zero attached hydrogens (tertiary/aromatic N) is 1. The van der Waals surface area contributed by atoms with Gasteiger partial charge in [0.05, 0.1) is 18.3 Å². The zero-order valence-electron chi connectivity index (χ0n) is 10.3. The molecular formula is C14H11ClN2O3. The van der Waals surface area contributed by atoms with Crippen molar-refractivity contribution >= 4 is 29.2 Å². The molecule has 102 valence electrons. The Balaban J connectivity index is 1.97. The lowest BCUT2D eigenvalue weighted by Crippen LogP contribution is -2.14. The van der Waals surface area contributed by atoms with Crippen molar-refractivity contribution in [3.8, 4) is 0 Å². The molecule has 20 heavy (non-hydrogen) atoms. The second kappa shape index (κ2) is 6.16. The Morgan fingerprint density at radius 1 is 1.15 bits per heavy atom. The van der Waals surface area contributed by atoms with Crippen LogP contribution in [0.4, 0.5) is 5.69 Å². The molecule has 0 aliphatic rings. The van der Waals surface area contributed by atoms with E-state index < -0.39 is 5.97 Å². The van der Waals surface area contributed by atoms with E-state index in [-0.39, 0.29) is 18.0 Å². The number of aromatic nitrogens is 1. The van der Waals surface area contributed by atoms with E-state index in [1.54, 1.807) is 24.3 Å². The van der Waals surface area contributed by atoms with Crippen LogP contribution >= 0.6 is 11.6 Å². The summed E-state index contributed by atoms with van der Waals surface area (Å²) in [5.74, 6) is -1.32. The van der Waals surface area contributed by atoms with E-state index >= 15 is 0 Å². The smallest absolute Gasteiger partial charge is 0.354 e. The number of benzene rings is 1. The van der Waals surface area contributed by atoms with Crippen LogP contribution in [0.1, 0.15) is 16.1 Å². The third kappa shape index (κ3) is 3.80. The number of hydrogen-bond acceptors (Lipinski definition) is 3. The molecule has 1 amide bonds. The molecule has 0 bridgehead atoms. The summed E-state index contributed by atoms with van der Waals surface area (Å²) < 4.78 is 0. The minimum atomic E-state index is -1.11. The summed E-state index contributed by atoms with van der Waals surface area (Å²) >= 11 is 5.76. The summed E-state index contributed by atoms with van der Waals surface area (Å²) in [6.07, 6.45) is 1.51. The first-order valence-corrected chi connectivity index (χ1v) is 6.16. The van der Waals surface area contributed by atoms with Gasteiger partial charge in [-0.3, -0.25) is 4.79 Å². The Morgan fingerprint density at radius 2 is 1.85 bits per heavy atom. The van der Waals surface area contributed by atoms with Gasteiger partial charge in [0, 0.05) is 5.02 Å². The summed E-state index contributed by atoms with van der Waals surface area (Å²) in [6.45, 7) is 0. The van der Waals surface area contributed by atoms with Crippen LogP contribution in [0.25, 0.3) is 0 Å². The van der Waals surface area contributed by atoms with Crippen molar-refractivity contribution in [1.82, 2.24) is 4.98 Å². The number of hydrogen-bond donors (Lipinski definition) is 2. The Morgan fingerprint density at radius 3 is 2.40 bits per heavy atom. The predicted octanol–water partition coefficient (Wildman–Crippen LogP) is 2.61. The third-order valence-corrected chi connectivity index (χ3v) is 2.80. The molecule has 6 heteroatoms. The first kappa shape index (κ1) is 14.0. The van der Waals surface area contributed by atoms with Gasteiger partial charge in [0.25, 0.3) is 0 Å². The van der Waals surface area contributed by atoms with Gasteiger partial charge < -0.3 is 10.4 Å². The number of carboxylic acids is 1. The summed E-state index contributed by atoms with van der Waals surface area (Å²) in [6, 6.07) is 9.80. The summed E-state index contributed by atoms with van der Waals surface area (Å²) in [5, 5.41) is 12.0. The maximum Gasteiger partial charge on any atom is 0.354 e. The molecule has 0 fully saturated rings. The van der Waals surface area contributed by atoms with Gasteiger partial charge in [0.1, 0.15) is 5.69 Å². The summed E-state index contributed by atoms with van der Waals surface area (Å²) in [7, 11) is 0. The van der Waals surface area contributed by atoms with Gasteiger partial charge in [-0.05, 0) is 29.8 Å². The van der Waals surface area contributed by atoms with E-state index in [4.69, 9.17) is 16.7 Å². The molecule has 1 heterocycles. The highest BCUT2D eigenvalue weighted by molar-refractivity contribution is 6.30. The molecule has 0 saturated heterocycles. The van der Waals surface area contributed by atoms with Crippen molar-refractivity contribution < 1.29 is 14.7 Å². The molecule has 1 aromatic carbocycles. The average Bonchev–Trinajstić information content (AvgIpc) is 2.42. The highest BCUT2D eigenvalue weighted by atomic mass is 35.5. The Hall–Kier alpha value is -2.40. The minimum Gasteiger partial charge on any atom is -0.477 e. The fourth-order valence-electron chi connectivity index (χ4n) is 1.59. The van der Waals surface area contributed by atoms with Gasteiger partial charge in [-0.1, -0.05) is 23.7 Å². The van der Waals surface area contributed by atoms with E-state index in [1.807, 2.05) is 0 Å². The average molecular weight is 291 g/mol. The molecule has 2 rings (SSSR count). The van der Waals surface area contributed by atoms with Crippen molar-refractivity contribution in [3.05, 3.63) is 58.9 Å². The Kier molecular flexibility index (Phi) is 4.32. The molecule has 0 spiro atoms. The number of rotatable bonds is 4. The topological polar surface area (TPSA) is 79.3 Å². The number of nitrogens with one attached hydrogen (secondary N) is 1. The van der Waals surface area contributed by atoms with E-state index in [1.165, 1.54) is 18.3 Å². The number of halogens is 1. The van der Waals surface area contributed by atoms with Crippen LogP contribution in [0.2, 0.25) is 5.02 Å². The van der Waals surface area contributed by atoms with Crippen LogP contribution in [-0.4, -0.2) is 22.0 Å². The molecule has 0 aliphatic heterocycles. The van der Waals surface area contributed by atoms with Gasteiger partial charge in [-0.15, -0.1) is 0 Å². The molecule has 0 aliphatic carbocycles. The largest absolute Gasteiger partial charge is 0.477 e. The second-order valence-corrected chi connectivity index (χ2v) is 4.53. The highest BCUT2D eigenvalue weighted by Gasteiger charge is 2.07. The molecule has 5 nitrogen and oxygen atoms in total. The first-order valence-electron chi connectivity index (χ1n) is 5.78. The predicted molar refractivity (Wildman–Crippen MR) is 75.0 cm³/mol. The number of amides is 1. The maximum absolute atomic E-state index is 11.8. The molecule has 0 saturated carbocycles. The number of carbonyl (C=O) groups excluding carboxylic acids is 1. The van der Waals surface area contributed by atoms with Crippen LogP contribution in [0, 0.1) is 0 Å². The molecule has 2 N–H and O–H groups in total. The first-order chi connectivity index (χ1) is 9.54. The number of anilines is 1. The number of carbonyl (C=O) groups is 2. The van der Waals surface area contributed by atoms with Crippen molar-refractivity contribution in [2.24, 2.45) is 0 Å². The van der Waals surface area contributed by atoms with Crippen LogP contribution in [-0.2, 0) is 11.2 Å². The van der Waals surface area contributed by atoms with Crippen LogP contribution in [0.15, 0.2) is 42.6 Å². The normalized spacial score (nSPS) is 10.1. The molecule has 1 aromatic heterocycles. The minimum absolute atomic E-state index is 0.0688. The quantitative estimate of drug-likeness (QED) is 0.907. The molecule has 0 radical (unpaired) electrons. The van der Waals surface area contributed by atoms with Gasteiger partial charge in [-0.25, -0.2) is 9.78 Å². The Bertz CT molecular complexity index is 624. The van der Waals surface area contributed by atoms with Gasteiger partial charge in [0.2, 0.25) is 5.91 Å². The lowest BCUT2D eigenvalue weighted by atomic mass is 10.1. The fraction of sp³-hybridized carbons (Fsp3) is 0.0714. The summed E-state index contributed by atoms with van der Waals surface area (Å²) in [4.78, 5) is 26.2. The standard InChI is InChI=1S/C14H11ClN2O3/c15-10-3-1-9(2-4-10)7-13(18)17-11-5-6-12(14(19)20)16-8-11/h1-6,8H,7H2,(H,17,18)(H,19,20). The number of aromatic carboxylic acids is 1. The van der Waals surface area contributed by atoms with Crippen molar-refractivity contribution in [2.45, 2.75) is 6.42 Å². The fourth-order valence-corrected chi connectivity index (χ4v) is 1.71. The zero-order valence-corrected chi connectivity index (χ0v) is 11.1. The van der Waals surface area contributed by atoms with Gasteiger partial charge in [-0.2, -0.15) is 0 Å². The van der Waals surface area contributed by atoms with Crippen LogP contribution in [0.5, 0.6) is 0 Å². The van der Waals surface area contributed by atoms with E-state index in [0.29, 0.717) is 10.7 Å². The molecule has 2 aromatic rings. The monoisotopic (exact) mass is 290 g/mol. The SMILES string of the molecule is O=C(Cc1ccc(Cl)cc1)Nc1ccc(C(=O)O)nc1. The van der Waals surface area contributed by atoms with Gasteiger partial charge >= 0.3 is 5.97 Å². The molecule has 0 unspecified atom stereocenters. The highest BCUT2D eigenvalue weighted by Crippen LogP contribution is 2.11. The second-order valence-electron chi connectivity index (χ2n) is 4.09. The van der Waals surface area contributed by atoms with Crippen LogP contribution in [0.3, 0.4) is 0 Å².